The van der Waals surface area contributed by atoms with Crippen molar-refractivity contribution in [2.24, 2.45) is 0 Å². The van der Waals surface area contributed by atoms with E-state index < -0.39 is 17.6 Å². The summed E-state index contributed by atoms with van der Waals surface area (Å²) in [7, 11) is 1.29. The number of rotatable bonds is 8. The Kier molecular flexibility index (Phi) is 8.12. The van der Waals surface area contributed by atoms with E-state index in [-0.39, 0.29) is 23.0 Å². The Labute approximate surface area is 259 Å². The molecule has 1 aromatic heterocycles. The average molecular weight is 602 g/mol. The maximum Gasteiger partial charge on any atom is 0.413 e. The van der Waals surface area contributed by atoms with Crippen molar-refractivity contribution in [2.75, 3.05) is 12.4 Å². The minimum Gasteiger partial charge on any atom is -0.465 e. The monoisotopic (exact) mass is 601 g/mol. The van der Waals surface area contributed by atoms with Crippen molar-refractivity contribution in [3.8, 4) is 0 Å². The van der Waals surface area contributed by atoms with E-state index >= 15 is 0 Å². The molecule has 44 heavy (non-hydrogen) atoms. The molecule has 1 heterocycles. The summed E-state index contributed by atoms with van der Waals surface area (Å²) in [6, 6.07) is 42.6. The number of nitrogens with zero attached hydrogens (tertiary/aromatic N) is 2. The molecule has 218 valence electrons. The fourth-order valence-electron chi connectivity index (χ4n) is 5.51. The molecular weight excluding hydrogens is 574 g/mol. The molecule has 0 saturated carbocycles. The van der Waals surface area contributed by atoms with E-state index in [0.29, 0.717) is 10.9 Å². The van der Waals surface area contributed by atoms with Crippen molar-refractivity contribution >= 4 is 40.4 Å². The number of methoxy groups -OCH3 is 1. The highest BCUT2D eigenvalue weighted by molar-refractivity contribution is 6.34. The van der Waals surface area contributed by atoms with Crippen LogP contribution in [0.1, 0.15) is 32.6 Å². The Morgan fingerprint density at radius 1 is 0.773 bits per heavy atom. The zero-order chi connectivity index (χ0) is 30.5. The number of fused-ring (bicyclic) bond motifs is 1. The molecule has 1 N–H and O–H groups in total. The minimum atomic E-state index is -1.01. The lowest BCUT2D eigenvalue weighted by atomic mass is 9.77. The van der Waals surface area contributed by atoms with Gasteiger partial charge in [0.1, 0.15) is 12.1 Å². The van der Waals surface area contributed by atoms with Crippen molar-refractivity contribution in [1.29, 1.82) is 0 Å². The first-order chi connectivity index (χ1) is 21.5. The van der Waals surface area contributed by atoms with Crippen LogP contribution in [0.4, 0.5) is 10.6 Å². The molecule has 0 unspecified atom stereocenters. The maximum atomic E-state index is 13.1. The van der Waals surface area contributed by atoms with Gasteiger partial charge in [0.15, 0.2) is 5.82 Å². The number of anilines is 1. The van der Waals surface area contributed by atoms with E-state index in [1.54, 1.807) is 12.1 Å². The quantitative estimate of drug-likeness (QED) is 0.141. The number of hydrogen-bond acceptors (Lipinski definition) is 5. The first-order valence-electron chi connectivity index (χ1n) is 14.0. The van der Waals surface area contributed by atoms with Gasteiger partial charge in [-0.3, -0.25) is 5.32 Å². The van der Waals surface area contributed by atoms with Crippen LogP contribution >= 0.6 is 11.6 Å². The fourth-order valence-corrected chi connectivity index (χ4v) is 5.75. The summed E-state index contributed by atoms with van der Waals surface area (Å²) in [4.78, 5) is 25.8. The van der Waals surface area contributed by atoms with Gasteiger partial charge in [-0.05, 0) is 34.4 Å². The van der Waals surface area contributed by atoms with Gasteiger partial charge in [-0.15, -0.1) is 0 Å². The first-order valence-corrected chi connectivity index (χ1v) is 14.4. The molecule has 0 bridgehead atoms. The standard InChI is InChI=1S/C36H28ClN3O4/c1-43-34(41)29-22-30-32(23-31(29)37)40(39-33(30)38-35(42)44-24-25-14-6-2-7-15-25)36(26-16-8-3-9-17-26,27-18-10-4-11-19-27)28-20-12-5-13-21-28/h2-23H,24H2,1H3,(H,38,39,42). The highest BCUT2D eigenvalue weighted by Gasteiger charge is 2.41. The van der Waals surface area contributed by atoms with Crippen LogP contribution in [-0.2, 0) is 21.6 Å². The highest BCUT2D eigenvalue weighted by atomic mass is 35.5. The van der Waals surface area contributed by atoms with Gasteiger partial charge in [0.05, 0.1) is 23.2 Å². The second kappa shape index (κ2) is 12.5. The number of esters is 1. The Morgan fingerprint density at radius 2 is 1.27 bits per heavy atom. The second-order valence-electron chi connectivity index (χ2n) is 10.1. The number of halogens is 1. The van der Waals surface area contributed by atoms with Gasteiger partial charge in [-0.2, -0.15) is 5.10 Å². The van der Waals surface area contributed by atoms with Crippen molar-refractivity contribution in [2.45, 2.75) is 12.1 Å². The van der Waals surface area contributed by atoms with E-state index in [0.717, 1.165) is 22.3 Å². The average Bonchev–Trinajstić information content (AvgIpc) is 3.42. The maximum absolute atomic E-state index is 13.1. The number of aromatic nitrogens is 2. The third-order valence-corrected chi connectivity index (χ3v) is 7.81. The third-order valence-electron chi connectivity index (χ3n) is 7.50. The van der Waals surface area contributed by atoms with Crippen LogP contribution in [0.25, 0.3) is 10.9 Å². The van der Waals surface area contributed by atoms with Crippen LogP contribution in [0.15, 0.2) is 133 Å². The molecule has 0 aliphatic rings. The number of hydrogen-bond donors (Lipinski definition) is 1. The van der Waals surface area contributed by atoms with E-state index in [9.17, 15) is 9.59 Å². The number of benzene rings is 5. The van der Waals surface area contributed by atoms with Gasteiger partial charge >= 0.3 is 12.1 Å². The number of amides is 1. The molecule has 0 fully saturated rings. The van der Waals surface area contributed by atoms with Gasteiger partial charge in [0.25, 0.3) is 0 Å². The van der Waals surface area contributed by atoms with Crippen LogP contribution in [-0.4, -0.2) is 29.0 Å². The smallest absolute Gasteiger partial charge is 0.413 e. The fraction of sp³-hybridized carbons (Fsp3) is 0.0833. The highest BCUT2D eigenvalue weighted by Crippen LogP contribution is 2.44. The van der Waals surface area contributed by atoms with Crippen LogP contribution in [0.2, 0.25) is 5.02 Å². The topological polar surface area (TPSA) is 82.4 Å². The molecule has 1 amide bonds. The van der Waals surface area contributed by atoms with Crippen molar-refractivity contribution < 1.29 is 19.1 Å². The molecule has 6 rings (SSSR count). The molecule has 5 aromatic carbocycles. The van der Waals surface area contributed by atoms with Crippen molar-refractivity contribution in [1.82, 2.24) is 9.78 Å². The largest absolute Gasteiger partial charge is 0.465 e. The van der Waals surface area contributed by atoms with E-state index in [1.807, 2.05) is 126 Å². The molecule has 0 aliphatic heterocycles. The van der Waals surface area contributed by atoms with Crippen molar-refractivity contribution in [3.05, 3.63) is 166 Å². The minimum absolute atomic E-state index is 0.0759. The molecule has 6 aromatic rings. The lowest BCUT2D eigenvalue weighted by molar-refractivity contribution is 0.0601. The molecule has 0 radical (unpaired) electrons. The SMILES string of the molecule is COC(=O)c1cc2c(NC(=O)OCc3ccccc3)nn(C(c3ccccc3)(c3ccccc3)c3ccccc3)c2cc1Cl. The lowest BCUT2D eigenvalue weighted by Crippen LogP contribution is -2.38. The summed E-state index contributed by atoms with van der Waals surface area (Å²) in [5.74, 6) is -0.408. The molecule has 0 aliphatic carbocycles. The van der Waals surface area contributed by atoms with Crippen molar-refractivity contribution in [3.63, 3.8) is 0 Å². The molecular formula is C36H28ClN3O4. The van der Waals surface area contributed by atoms with Crippen LogP contribution < -0.4 is 5.32 Å². The number of ether oxygens (including phenoxy) is 2. The Hall–Kier alpha value is -5.40. The summed E-state index contributed by atoms with van der Waals surface area (Å²) >= 11 is 6.72. The van der Waals surface area contributed by atoms with Gasteiger partial charge in [-0.1, -0.05) is 133 Å². The summed E-state index contributed by atoms with van der Waals surface area (Å²) in [5.41, 5.74) is 3.33. The molecule has 0 spiro atoms. The zero-order valence-corrected chi connectivity index (χ0v) is 24.6. The van der Waals surface area contributed by atoms with E-state index in [1.165, 1.54) is 7.11 Å². The predicted molar refractivity (Wildman–Crippen MR) is 171 cm³/mol. The molecule has 8 heteroatoms. The Bertz CT molecular complexity index is 1810. The summed E-state index contributed by atoms with van der Waals surface area (Å²) in [6.45, 7) is 0.0759. The summed E-state index contributed by atoms with van der Waals surface area (Å²) in [6.07, 6.45) is -0.695. The van der Waals surface area contributed by atoms with Gasteiger partial charge in [0.2, 0.25) is 0 Å². The van der Waals surface area contributed by atoms with Crippen LogP contribution in [0, 0.1) is 0 Å². The van der Waals surface area contributed by atoms with Gasteiger partial charge < -0.3 is 9.47 Å². The third kappa shape index (κ3) is 5.29. The first kappa shape index (κ1) is 28.7. The lowest BCUT2D eigenvalue weighted by Gasteiger charge is -2.37. The zero-order valence-electron chi connectivity index (χ0n) is 23.8. The molecule has 7 nitrogen and oxygen atoms in total. The Morgan fingerprint density at radius 3 is 1.77 bits per heavy atom. The normalized spacial score (nSPS) is 11.2. The van der Waals surface area contributed by atoms with E-state index in [2.05, 4.69) is 5.32 Å². The molecule has 0 saturated heterocycles. The number of nitrogens with one attached hydrogen (secondary N) is 1. The van der Waals surface area contributed by atoms with Crippen LogP contribution in [0.5, 0.6) is 0 Å². The number of carbonyl (C=O) groups excluding carboxylic acids is 2. The van der Waals surface area contributed by atoms with Gasteiger partial charge in [-0.25, -0.2) is 14.3 Å². The predicted octanol–water partition coefficient (Wildman–Crippen LogP) is 8.07. The van der Waals surface area contributed by atoms with E-state index in [4.69, 9.17) is 26.2 Å². The second-order valence-corrected chi connectivity index (χ2v) is 10.5. The number of carbonyl (C=O) groups is 2. The Balaban J connectivity index is 1.61. The summed E-state index contributed by atoms with van der Waals surface area (Å²) < 4.78 is 12.4. The van der Waals surface area contributed by atoms with Gasteiger partial charge in [0, 0.05) is 5.39 Å². The summed E-state index contributed by atoms with van der Waals surface area (Å²) in [5, 5.41) is 8.54. The molecule has 0 atom stereocenters. The van der Waals surface area contributed by atoms with Crippen LogP contribution in [0.3, 0.4) is 0 Å².